The third kappa shape index (κ3) is 2.14. The fourth-order valence-electron chi connectivity index (χ4n) is 0.784. The molecule has 1 heterocycles. The van der Waals surface area contributed by atoms with Crippen molar-refractivity contribution >= 4 is 28.6 Å². The summed E-state index contributed by atoms with van der Waals surface area (Å²) in [4.78, 5) is 13.6. The monoisotopic (exact) mass is 317 g/mol. The normalized spacial score (nSPS) is 10.6. The first-order valence-corrected chi connectivity index (χ1v) is 4.38. The zero-order chi connectivity index (χ0) is 10.9. The molecule has 0 saturated carbocycles. The molecule has 14 heavy (non-hydrogen) atoms. The number of hydrogen-bond donors (Lipinski definition) is 1. The molecule has 0 bridgehead atoms. The summed E-state index contributed by atoms with van der Waals surface area (Å²) in [7, 11) is 0. The van der Waals surface area contributed by atoms with Crippen LogP contribution in [0.25, 0.3) is 0 Å². The summed E-state index contributed by atoms with van der Waals surface area (Å²) in [5.74, 6) is -2.84. The van der Waals surface area contributed by atoms with Crippen LogP contribution < -0.4 is 0 Å². The van der Waals surface area contributed by atoms with Crippen molar-refractivity contribution in [2.45, 2.75) is 6.43 Å². The van der Waals surface area contributed by atoms with E-state index in [9.17, 15) is 18.0 Å². The Hall–Kier alpha value is -0.860. The van der Waals surface area contributed by atoms with Gasteiger partial charge in [-0.25, -0.2) is 22.9 Å². The van der Waals surface area contributed by atoms with E-state index in [0.717, 1.165) is 0 Å². The molecule has 0 radical (unpaired) electrons. The summed E-state index contributed by atoms with van der Waals surface area (Å²) >= 11 is 1.43. The molecule has 0 spiro atoms. The molecular weight excluding hydrogens is 314 g/mol. The number of nitrogens with zero attached hydrogens (tertiary/aromatic N) is 1. The molecule has 7 heteroatoms. The number of carbonyl (C=O) groups is 1. The molecule has 3 nitrogen and oxygen atoms in total. The van der Waals surface area contributed by atoms with Crippen molar-refractivity contribution in [2.24, 2.45) is 0 Å². The Kier molecular flexibility index (Phi) is 3.29. The molecule has 0 unspecified atom stereocenters. The zero-order valence-corrected chi connectivity index (χ0v) is 8.63. The Morgan fingerprint density at radius 1 is 1.57 bits per heavy atom. The van der Waals surface area contributed by atoms with Gasteiger partial charge in [-0.05, 0) is 28.7 Å². The maximum Gasteiger partial charge on any atom is 0.357 e. The molecule has 1 rings (SSSR count). The topological polar surface area (TPSA) is 50.2 Å². The Balaban J connectivity index is 3.31. The van der Waals surface area contributed by atoms with Gasteiger partial charge in [-0.1, -0.05) is 0 Å². The minimum atomic E-state index is -2.87. The number of pyridine rings is 1. The number of halogens is 4. The second-order valence-corrected chi connectivity index (χ2v) is 3.33. The van der Waals surface area contributed by atoms with E-state index >= 15 is 0 Å². The number of aromatic carboxylic acids is 1. The quantitative estimate of drug-likeness (QED) is 0.673. The van der Waals surface area contributed by atoms with Crippen LogP contribution in [0.1, 0.15) is 22.5 Å². The van der Waals surface area contributed by atoms with Crippen molar-refractivity contribution in [3.8, 4) is 0 Å². The molecule has 0 amide bonds. The smallest absolute Gasteiger partial charge is 0.357 e. The van der Waals surface area contributed by atoms with Crippen molar-refractivity contribution in [1.29, 1.82) is 0 Å². The fourth-order valence-corrected chi connectivity index (χ4v) is 1.42. The summed E-state index contributed by atoms with van der Waals surface area (Å²) in [5, 5.41) is 8.43. The van der Waals surface area contributed by atoms with Crippen molar-refractivity contribution < 1.29 is 23.1 Å². The zero-order valence-electron chi connectivity index (χ0n) is 6.47. The fraction of sp³-hybridized carbons (Fsp3) is 0.143. The summed E-state index contributed by atoms with van der Waals surface area (Å²) in [6.45, 7) is 0. The molecule has 0 aliphatic rings. The summed E-state index contributed by atoms with van der Waals surface area (Å²) in [5.41, 5.74) is -1.45. The van der Waals surface area contributed by atoms with E-state index in [0.29, 0.717) is 6.07 Å². The lowest BCUT2D eigenvalue weighted by Crippen LogP contribution is -2.08. The molecule has 0 fully saturated rings. The van der Waals surface area contributed by atoms with Gasteiger partial charge in [0.2, 0.25) is 0 Å². The maximum absolute atomic E-state index is 12.9. The minimum absolute atomic E-state index is 0.212. The highest BCUT2D eigenvalue weighted by Crippen LogP contribution is 2.24. The average Bonchev–Trinajstić information content (AvgIpc) is 2.07. The lowest BCUT2D eigenvalue weighted by atomic mass is 10.2. The number of carboxylic acid groups (broad SMARTS) is 1. The van der Waals surface area contributed by atoms with Crippen LogP contribution in [0.5, 0.6) is 0 Å². The molecule has 1 aromatic rings. The summed E-state index contributed by atoms with van der Waals surface area (Å²) in [6, 6.07) is 0.489. The molecule has 1 aromatic heterocycles. The van der Waals surface area contributed by atoms with Gasteiger partial charge < -0.3 is 5.11 Å². The number of alkyl halides is 2. The molecular formula is C7H3F3INO2. The van der Waals surface area contributed by atoms with E-state index in [1.807, 2.05) is 0 Å². The third-order valence-electron chi connectivity index (χ3n) is 1.39. The van der Waals surface area contributed by atoms with E-state index in [1.165, 1.54) is 22.6 Å². The van der Waals surface area contributed by atoms with Gasteiger partial charge in [0.15, 0.2) is 11.5 Å². The summed E-state index contributed by atoms with van der Waals surface area (Å²) in [6.07, 6.45) is -2.87. The van der Waals surface area contributed by atoms with Crippen LogP contribution in [0.4, 0.5) is 13.2 Å². The van der Waals surface area contributed by atoms with Gasteiger partial charge >= 0.3 is 5.97 Å². The van der Waals surface area contributed by atoms with Crippen LogP contribution in [-0.2, 0) is 0 Å². The Morgan fingerprint density at radius 2 is 2.14 bits per heavy atom. The lowest BCUT2D eigenvalue weighted by Gasteiger charge is -2.04. The number of rotatable bonds is 2. The molecule has 76 valence electrons. The van der Waals surface area contributed by atoms with E-state index in [-0.39, 0.29) is 3.70 Å². The average molecular weight is 317 g/mol. The number of carboxylic acids is 1. The van der Waals surface area contributed by atoms with Gasteiger partial charge in [0.25, 0.3) is 6.43 Å². The standard InChI is InChI=1S/C7H3F3INO2/c8-3-1-2(5(9)10)6(11)12-4(3)7(13)14/h1,5H,(H,13,14). The van der Waals surface area contributed by atoms with Gasteiger partial charge in [0.05, 0.1) is 5.56 Å². The van der Waals surface area contributed by atoms with Crippen LogP contribution in [0, 0.1) is 9.52 Å². The Bertz CT molecular complexity index is 383. The largest absolute Gasteiger partial charge is 0.476 e. The third-order valence-corrected chi connectivity index (χ3v) is 2.26. The Labute approximate surface area is 90.1 Å². The maximum atomic E-state index is 12.9. The second-order valence-electron chi connectivity index (χ2n) is 2.30. The Morgan fingerprint density at radius 3 is 2.57 bits per heavy atom. The van der Waals surface area contributed by atoms with Crippen molar-refractivity contribution in [3.05, 3.63) is 26.8 Å². The van der Waals surface area contributed by atoms with Gasteiger partial charge in [0, 0.05) is 0 Å². The van der Waals surface area contributed by atoms with Gasteiger partial charge in [-0.15, -0.1) is 0 Å². The highest BCUT2D eigenvalue weighted by molar-refractivity contribution is 14.1. The van der Waals surface area contributed by atoms with Crippen molar-refractivity contribution in [3.63, 3.8) is 0 Å². The van der Waals surface area contributed by atoms with Gasteiger partial charge in [-0.3, -0.25) is 0 Å². The SMILES string of the molecule is O=C(O)c1nc(I)c(C(F)F)cc1F. The van der Waals surface area contributed by atoms with Crippen LogP contribution >= 0.6 is 22.6 Å². The molecule has 0 aromatic carbocycles. The van der Waals surface area contributed by atoms with Crippen molar-refractivity contribution in [1.82, 2.24) is 4.98 Å². The number of hydrogen-bond acceptors (Lipinski definition) is 2. The first kappa shape index (κ1) is 11.2. The van der Waals surface area contributed by atoms with Crippen LogP contribution in [0.3, 0.4) is 0 Å². The molecule has 0 atom stereocenters. The highest BCUT2D eigenvalue weighted by Gasteiger charge is 2.20. The molecule has 1 N–H and O–H groups in total. The van der Waals surface area contributed by atoms with Crippen LogP contribution in [-0.4, -0.2) is 16.1 Å². The molecule has 0 aliphatic heterocycles. The highest BCUT2D eigenvalue weighted by atomic mass is 127. The second kappa shape index (κ2) is 4.11. The van der Waals surface area contributed by atoms with E-state index in [4.69, 9.17) is 5.11 Å². The summed E-state index contributed by atoms with van der Waals surface area (Å²) < 4.78 is 37.0. The predicted molar refractivity (Wildman–Crippen MR) is 48.8 cm³/mol. The van der Waals surface area contributed by atoms with Gasteiger partial charge in [0.1, 0.15) is 3.70 Å². The van der Waals surface area contributed by atoms with E-state index < -0.39 is 29.5 Å². The molecule has 0 saturated heterocycles. The number of aromatic nitrogens is 1. The van der Waals surface area contributed by atoms with Crippen molar-refractivity contribution in [2.75, 3.05) is 0 Å². The first-order valence-electron chi connectivity index (χ1n) is 3.31. The lowest BCUT2D eigenvalue weighted by molar-refractivity contribution is 0.0683. The first-order chi connectivity index (χ1) is 6.43. The van der Waals surface area contributed by atoms with E-state index in [2.05, 4.69) is 4.98 Å². The van der Waals surface area contributed by atoms with E-state index in [1.54, 1.807) is 0 Å². The predicted octanol–water partition coefficient (Wildman–Crippen LogP) is 2.46. The van der Waals surface area contributed by atoms with Gasteiger partial charge in [-0.2, -0.15) is 0 Å². The van der Waals surface area contributed by atoms with Crippen LogP contribution in [0.15, 0.2) is 6.07 Å². The minimum Gasteiger partial charge on any atom is -0.476 e. The molecule has 0 aliphatic carbocycles. The van der Waals surface area contributed by atoms with Crippen LogP contribution in [0.2, 0.25) is 0 Å².